The molecule has 0 aliphatic carbocycles. The number of hydrogen-bond acceptors (Lipinski definition) is 3. The zero-order valence-corrected chi connectivity index (χ0v) is 11.3. The molecule has 0 aromatic heterocycles. The van der Waals surface area contributed by atoms with E-state index in [1.165, 1.54) is 18.4 Å². The van der Waals surface area contributed by atoms with Gasteiger partial charge < -0.3 is 0 Å². The number of benzene rings is 1. The molecule has 1 aromatic carbocycles. The van der Waals surface area contributed by atoms with Crippen molar-refractivity contribution < 1.29 is 8.42 Å². The predicted molar refractivity (Wildman–Crippen MR) is 73.2 cm³/mol. The van der Waals surface area contributed by atoms with Crippen molar-refractivity contribution in [2.24, 2.45) is 4.99 Å². The van der Waals surface area contributed by atoms with Crippen molar-refractivity contribution in [2.45, 2.75) is 5.54 Å². The summed E-state index contributed by atoms with van der Waals surface area (Å²) in [5, 5.41) is 0. The highest BCUT2D eigenvalue weighted by molar-refractivity contribution is 7.89. The maximum absolute atomic E-state index is 12.1. The summed E-state index contributed by atoms with van der Waals surface area (Å²) in [4.78, 5) is 4.36. The number of sulfonamides is 1. The van der Waals surface area contributed by atoms with Gasteiger partial charge in [-0.05, 0) is 11.6 Å². The van der Waals surface area contributed by atoms with Crippen LogP contribution in [0.4, 0.5) is 0 Å². The van der Waals surface area contributed by atoms with E-state index in [4.69, 9.17) is 0 Å². The maximum Gasteiger partial charge on any atom is 0.216 e. The predicted octanol–water partition coefficient (Wildman–Crippen LogP) is 1.41. The molecule has 0 saturated heterocycles. The molecule has 1 aromatic rings. The van der Waals surface area contributed by atoms with E-state index in [2.05, 4.69) is 4.99 Å². The van der Waals surface area contributed by atoms with E-state index in [0.717, 1.165) is 5.56 Å². The van der Waals surface area contributed by atoms with Crippen LogP contribution in [-0.4, -0.2) is 38.8 Å². The highest BCUT2D eigenvalue weighted by atomic mass is 32.2. The van der Waals surface area contributed by atoms with Gasteiger partial charge in [0.05, 0.1) is 5.75 Å². The molecule has 0 radical (unpaired) electrons. The molecule has 0 amide bonds. The van der Waals surface area contributed by atoms with Gasteiger partial charge >= 0.3 is 0 Å². The second-order valence-corrected chi connectivity index (χ2v) is 6.65. The molecule has 18 heavy (non-hydrogen) atoms. The number of aliphatic imine (C=N–C) groups is 1. The average molecular weight is 264 g/mol. The van der Waals surface area contributed by atoms with Gasteiger partial charge in [-0.1, -0.05) is 36.4 Å². The van der Waals surface area contributed by atoms with E-state index in [9.17, 15) is 8.42 Å². The van der Waals surface area contributed by atoms with E-state index in [-0.39, 0.29) is 5.75 Å². The summed E-state index contributed by atoms with van der Waals surface area (Å²) in [6, 6.07) is 9.48. The molecular formula is C13H16N2O2S. The van der Waals surface area contributed by atoms with E-state index in [1.54, 1.807) is 12.3 Å². The Morgan fingerprint density at radius 1 is 1.22 bits per heavy atom. The van der Waals surface area contributed by atoms with Gasteiger partial charge in [0.1, 0.15) is 5.54 Å². The largest absolute Gasteiger partial charge is 0.276 e. The van der Waals surface area contributed by atoms with Crippen LogP contribution in [0.3, 0.4) is 0 Å². The third kappa shape index (κ3) is 2.37. The summed E-state index contributed by atoms with van der Waals surface area (Å²) in [5.41, 5.74) is 0.102. The van der Waals surface area contributed by atoms with E-state index < -0.39 is 15.6 Å². The van der Waals surface area contributed by atoms with Gasteiger partial charge in [0, 0.05) is 20.3 Å². The Morgan fingerprint density at radius 3 is 2.39 bits per heavy atom. The molecule has 0 N–H and O–H groups in total. The lowest BCUT2D eigenvalue weighted by atomic mass is 9.93. The normalized spacial score (nSPS) is 22.8. The van der Waals surface area contributed by atoms with Crippen LogP contribution in [0.2, 0.25) is 0 Å². The van der Waals surface area contributed by atoms with Gasteiger partial charge in [0.25, 0.3) is 0 Å². The minimum absolute atomic E-state index is 0.0516. The Hall–Kier alpha value is -1.46. The zero-order valence-electron chi connectivity index (χ0n) is 10.4. The van der Waals surface area contributed by atoms with Crippen LogP contribution in [0, 0.1) is 0 Å². The van der Waals surface area contributed by atoms with Crippen LogP contribution < -0.4 is 0 Å². The standard InChI is InChI=1S/C13H16N2O2S/c1-15(2)18(16,17)11-13(9-6-10-14-13)12-7-4-3-5-8-12/h3-10H,11H2,1-2H3. The summed E-state index contributed by atoms with van der Waals surface area (Å²) >= 11 is 0. The quantitative estimate of drug-likeness (QED) is 0.825. The second kappa shape index (κ2) is 4.66. The SMILES string of the molecule is CN(C)S(=O)(=O)CC1(c2ccccc2)C=CC=N1. The maximum atomic E-state index is 12.1. The van der Waals surface area contributed by atoms with Gasteiger partial charge in [0.15, 0.2) is 0 Å². The van der Waals surface area contributed by atoms with E-state index >= 15 is 0 Å². The minimum atomic E-state index is -3.32. The Bertz CT molecular complexity index is 562. The molecule has 5 heteroatoms. The van der Waals surface area contributed by atoms with Crippen LogP contribution in [0.15, 0.2) is 47.5 Å². The molecule has 1 aliphatic rings. The van der Waals surface area contributed by atoms with Gasteiger partial charge in [-0.25, -0.2) is 12.7 Å². The van der Waals surface area contributed by atoms with Crippen LogP contribution >= 0.6 is 0 Å². The molecule has 1 atom stereocenters. The summed E-state index contributed by atoms with van der Waals surface area (Å²) in [6.45, 7) is 0. The topological polar surface area (TPSA) is 49.7 Å². The second-order valence-electron chi connectivity index (χ2n) is 4.47. The smallest absolute Gasteiger partial charge is 0.216 e. The van der Waals surface area contributed by atoms with Crippen LogP contribution in [0.1, 0.15) is 5.56 Å². The molecule has 96 valence electrons. The fraction of sp³-hybridized carbons (Fsp3) is 0.308. The first-order valence-electron chi connectivity index (χ1n) is 5.65. The van der Waals surface area contributed by atoms with Crippen molar-refractivity contribution in [3.8, 4) is 0 Å². The lowest BCUT2D eigenvalue weighted by Gasteiger charge is -2.26. The molecule has 1 unspecified atom stereocenters. The molecule has 2 rings (SSSR count). The van der Waals surface area contributed by atoms with Crippen molar-refractivity contribution >= 4 is 16.2 Å². The highest BCUT2D eigenvalue weighted by Gasteiger charge is 2.36. The van der Waals surface area contributed by atoms with E-state index in [1.807, 2.05) is 36.4 Å². The van der Waals surface area contributed by atoms with Gasteiger partial charge in [-0.2, -0.15) is 0 Å². The molecule has 4 nitrogen and oxygen atoms in total. The highest BCUT2D eigenvalue weighted by Crippen LogP contribution is 2.32. The number of nitrogens with zero attached hydrogens (tertiary/aromatic N) is 2. The van der Waals surface area contributed by atoms with Gasteiger partial charge in [-0.3, -0.25) is 4.99 Å². The zero-order chi connectivity index (χ0) is 13.2. The molecule has 0 bridgehead atoms. The molecule has 0 saturated carbocycles. The Labute approximate surface area is 108 Å². The fourth-order valence-electron chi connectivity index (χ4n) is 1.89. The lowest BCUT2D eigenvalue weighted by molar-refractivity contribution is 0.502. The molecular weight excluding hydrogens is 248 g/mol. The van der Waals surface area contributed by atoms with Crippen LogP contribution in [-0.2, 0) is 15.6 Å². The summed E-state index contributed by atoms with van der Waals surface area (Å²) in [6.07, 6.45) is 5.28. The first kappa shape index (κ1) is 13.0. The first-order chi connectivity index (χ1) is 8.46. The average Bonchev–Trinajstić information content (AvgIpc) is 2.79. The van der Waals surface area contributed by atoms with Crippen LogP contribution in [0.25, 0.3) is 0 Å². The van der Waals surface area contributed by atoms with Gasteiger partial charge in [0.2, 0.25) is 10.0 Å². The van der Waals surface area contributed by atoms with Crippen molar-refractivity contribution in [3.63, 3.8) is 0 Å². The lowest BCUT2D eigenvalue weighted by Crippen LogP contribution is -2.36. The Morgan fingerprint density at radius 2 is 1.89 bits per heavy atom. The number of hydrogen-bond donors (Lipinski definition) is 0. The van der Waals surface area contributed by atoms with Gasteiger partial charge in [-0.15, -0.1) is 0 Å². The third-order valence-corrected chi connectivity index (χ3v) is 4.91. The first-order valence-corrected chi connectivity index (χ1v) is 7.26. The molecule has 1 aliphatic heterocycles. The number of allylic oxidation sites excluding steroid dienone is 1. The summed E-state index contributed by atoms with van der Waals surface area (Å²) in [5.74, 6) is -0.0516. The summed E-state index contributed by atoms with van der Waals surface area (Å²) < 4.78 is 25.4. The Balaban J connectivity index is 2.42. The van der Waals surface area contributed by atoms with Crippen LogP contribution in [0.5, 0.6) is 0 Å². The molecule has 1 heterocycles. The van der Waals surface area contributed by atoms with Crippen molar-refractivity contribution in [1.29, 1.82) is 0 Å². The summed E-state index contributed by atoms with van der Waals surface area (Å²) in [7, 11) is -0.244. The van der Waals surface area contributed by atoms with Crippen molar-refractivity contribution in [1.82, 2.24) is 4.31 Å². The fourth-order valence-corrected chi connectivity index (χ4v) is 3.05. The molecule has 0 fully saturated rings. The van der Waals surface area contributed by atoms with E-state index in [0.29, 0.717) is 0 Å². The van der Waals surface area contributed by atoms with Crippen molar-refractivity contribution in [3.05, 3.63) is 48.0 Å². The number of rotatable bonds is 4. The Kier molecular flexibility index (Phi) is 3.36. The minimum Gasteiger partial charge on any atom is -0.276 e. The van der Waals surface area contributed by atoms with Crippen molar-refractivity contribution in [2.75, 3.05) is 19.8 Å². The molecule has 0 spiro atoms. The third-order valence-electron chi connectivity index (χ3n) is 3.00. The monoisotopic (exact) mass is 264 g/mol.